The first-order valence-electron chi connectivity index (χ1n) is 8.58. The highest BCUT2D eigenvalue weighted by Gasteiger charge is 2.09. The molecule has 0 spiro atoms. The van der Waals surface area contributed by atoms with Crippen molar-refractivity contribution >= 4 is 11.9 Å². The van der Waals surface area contributed by atoms with Gasteiger partial charge in [0.2, 0.25) is 0 Å². The standard InChI is InChI=1S/C21H24O4/c1-2-3-4-7-14-25-21-9-6-5-8-16(21)10-13-19(23)18-12-11-17(22)15-20(18)24/h5-6,8-13,15,22,24H,2-4,7,14H2,1H3/b13-10+. The Hall–Kier alpha value is -2.75. The molecule has 2 aromatic carbocycles. The lowest BCUT2D eigenvalue weighted by molar-refractivity contribution is 0.104. The van der Waals surface area contributed by atoms with Crippen molar-refractivity contribution in [3.63, 3.8) is 0 Å². The second kappa shape index (κ2) is 9.52. The van der Waals surface area contributed by atoms with Crippen molar-refractivity contribution in [2.24, 2.45) is 0 Å². The highest BCUT2D eigenvalue weighted by Crippen LogP contribution is 2.24. The van der Waals surface area contributed by atoms with Gasteiger partial charge in [-0.25, -0.2) is 0 Å². The van der Waals surface area contributed by atoms with Crippen molar-refractivity contribution in [2.75, 3.05) is 6.61 Å². The van der Waals surface area contributed by atoms with E-state index in [2.05, 4.69) is 6.92 Å². The van der Waals surface area contributed by atoms with Crippen LogP contribution in [0, 0.1) is 0 Å². The van der Waals surface area contributed by atoms with Gasteiger partial charge in [0, 0.05) is 11.6 Å². The summed E-state index contributed by atoms with van der Waals surface area (Å²) in [6.07, 6.45) is 7.61. The molecule has 0 aliphatic rings. The zero-order valence-electron chi connectivity index (χ0n) is 14.4. The smallest absolute Gasteiger partial charge is 0.189 e. The molecule has 0 aliphatic heterocycles. The number of para-hydroxylation sites is 1. The number of carbonyl (C=O) groups is 1. The number of ketones is 1. The summed E-state index contributed by atoms with van der Waals surface area (Å²) in [5, 5.41) is 19.1. The van der Waals surface area contributed by atoms with Gasteiger partial charge in [-0.2, -0.15) is 0 Å². The van der Waals surface area contributed by atoms with Crippen LogP contribution < -0.4 is 4.74 Å². The molecule has 0 saturated heterocycles. The van der Waals surface area contributed by atoms with E-state index in [9.17, 15) is 15.0 Å². The van der Waals surface area contributed by atoms with E-state index in [0.29, 0.717) is 6.61 Å². The molecule has 0 fully saturated rings. The third kappa shape index (κ3) is 5.68. The number of carbonyl (C=O) groups excluding carboxylic acids is 1. The monoisotopic (exact) mass is 340 g/mol. The fraction of sp³-hybridized carbons (Fsp3) is 0.286. The van der Waals surface area contributed by atoms with Crippen LogP contribution in [0.15, 0.2) is 48.5 Å². The van der Waals surface area contributed by atoms with Gasteiger partial charge in [-0.3, -0.25) is 4.79 Å². The largest absolute Gasteiger partial charge is 0.508 e. The van der Waals surface area contributed by atoms with Gasteiger partial charge >= 0.3 is 0 Å². The van der Waals surface area contributed by atoms with E-state index in [1.165, 1.54) is 31.1 Å². The average molecular weight is 340 g/mol. The molecule has 2 aromatic rings. The fourth-order valence-corrected chi connectivity index (χ4v) is 2.44. The van der Waals surface area contributed by atoms with Gasteiger partial charge in [0.1, 0.15) is 17.2 Å². The van der Waals surface area contributed by atoms with Crippen molar-refractivity contribution in [1.82, 2.24) is 0 Å². The zero-order chi connectivity index (χ0) is 18.1. The van der Waals surface area contributed by atoms with Crippen LogP contribution in [0.2, 0.25) is 0 Å². The molecule has 0 saturated carbocycles. The van der Waals surface area contributed by atoms with Gasteiger partial charge in [0.15, 0.2) is 5.78 Å². The average Bonchev–Trinajstić information content (AvgIpc) is 2.60. The summed E-state index contributed by atoms with van der Waals surface area (Å²) in [6, 6.07) is 11.4. The van der Waals surface area contributed by atoms with Crippen molar-refractivity contribution < 1.29 is 19.7 Å². The van der Waals surface area contributed by atoms with E-state index >= 15 is 0 Å². The second-order valence-electron chi connectivity index (χ2n) is 5.85. The van der Waals surface area contributed by atoms with Gasteiger partial charge in [0.05, 0.1) is 12.2 Å². The zero-order valence-corrected chi connectivity index (χ0v) is 14.4. The van der Waals surface area contributed by atoms with Crippen LogP contribution in [0.5, 0.6) is 17.2 Å². The number of hydrogen-bond acceptors (Lipinski definition) is 4. The molecule has 0 aromatic heterocycles. The number of phenolic OH excluding ortho intramolecular Hbond substituents is 2. The number of allylic oxidation sites excluding steroid dienone is 1. The molecule has 132 valence electrons. The van der Waals surface area contributed by atoms with Gasteiger partial charge in [-0.1, -0.05) is 44.4 Å². The summed E-state index contributed by atoms with van der Waals surface area (Å²) in [5.74, 6) is 0.0724. The number of rotatable bonds is 9. The van der Waals surface area contributed by atoms with E-state index < -0.39 is 0 Å². The molecular weight excluding hydrogens is 316 g/mol. The molecule has 0 aliphatic carbocycles. The Bertz CT molecular complexity index is 734. The summed E-state index contributed by atoms with van der Waals surface area (Å²) in [5.41, 5.74) is 0.955. The highest BCUT2D eigenvalue weighted by molar-refractivity contribution is 6.08. The number of aromatic hydroxyl groups is 2. The van der Waals surface area contributed by atoms with Gasteiger partial charge in [-0.05, 0) is 36.8 Å². The minimum atomic E-state index is -0.338. The highest BCUT2D eigenvalue weighted by atomic mass is 16.5. The minimum Gasteiger partial charge on any atom is -0.508 e. The molecular formula is C21H24O4. The predicted octanol–water partition coefficient (Wildman–Crippen LogP) is 4.95. The Morgan fingerprint density at radius 2 is 1.88 bits per heavy atom. The molecule has 4 nitrogen and oxygen atoms in total. The first kappa shape index (κ1) is 18.6. The lowest BCUT2D eigenvalue weighted by atomic mass is 10.1. The van der Waals surface area contributed by atoms with Gasteiger partial charge in [-0.15, -0.1) is 0 Å². The lowest BCUT2D eigenvalue weighted by Gasteiger charge is -2.09. The minimum absolute atomic E-state index is 0.0835. The first-order chi connectivity index (χ1) is 12.1. The molecule has 0 atom stereocenters. The topological polar surface area (TPSA) is 66.8 Å². The summed E-state index contributed by atoms with van der Waals surface area (Å²) < 4.78 is 5.82. The van der Waals surface area contributed by atoms with Crippen LogP contribution in [0.3, 0.4) is 0 Å². The van der Waals surface area contributed by atoms with Crippen LogP contribution in [0.4, 0.5) is 0 Å². The number of benzene rings is 2. The van der Waals surface area contributed by atoms with Crippen molar-refractivity contribution in [2.45, 2.75) is 32.6 Å². The normalized spacial score (nSPS) is 10.9. The predicted molar refractivity (Wildman–Crippen MR) is 99.2 cm³/mol. The number of hydrogen-bond donors (Lipinski definition) is 2. The van der Waals surface area contributed by atoms with E-state index in [1.807, 2.05) is 24.3 Å². The van der Waals surface area contributed by atoms with Crippen LogP contribution in [0.25, 0.3) is 6.08 Å². The first-order valence-corrected chi connectivity index (χ1v) is 8.58. The van der Waals surface area contributed by atoms with Crippen molar-refractivity contribution in [3.05, 3.63) is 59.7 Å². The van der Waals surface area contributed by atoms with Crippen molar-refractivity contribution in [3.8, 4) is 17.2 Å². The third-order valence-corrected chi connectivity index (χ3v) is 3.84. The summed E-state index contributed by atoms with van der Waals surface area (Å²) in [4.78, 5) is 12.2. The Morgan fingerprint density at radius 1 is 1.08 bits per heavy atom. The van der Waals surface area contributed by atoms with Gasteiger partial charge < -0.3 is 14.9 Å². The van der Waals surface area contributed by atoms with E-state index in [0.717, 1.165) is 30.2 Å². The molecule has 0 bridgehead atoms. The quantitative estimate of drug-likeness (QED) is 0.385. The van der Waals surface area contributed by atoms with E-state index in [-0.39, 0.29) is 22.8 Å². The second-order valence-corrected chi connectivity index (χ2v) is 5.85. The summed E-state index contributed by atoms with van der Waals surface area (Å²) >= 11 is 0. The molecule has 2 N–H and O–H groups in total. The maximum absolute atomic E-state index is 12.2. The molecule has 0 radical (unpaired) electrons. The molecule has 2 rings (SSSR count). The molecule has 25 heavy (non-hydrogen) atoms. The van der Waals surface area contributed by atoms with E-state index in [4.69, 9.17) is 4.74 Å². The Morgan fingerprint density at radius 3 is 2.64 bits per heavy atom. The van der Waals surface area contributed by atoms with Gasteiger partial charge in [0.25, 0.3) is 0 Å². The Labute approximate surface area is 148 Å². The molecule has 4 heteroatoms. The number of phenols is 2. The maximum Gasteiger partial charge on any atom is 0.189 e. The number of ether oxygens (including phenoxy) is 1. The lowest BCUT2D eigenvalue weighted by Crippen LogP contribution is -1.99. The van der Waals surface area contributed by atoms with Crippen molar-refractivity contribution in [1.29, 1.82) is 0 Å². The Balaban J connectivity index is 2.03. The number of unbranched alkanes of at least 4 members (excludes halogenated alkanes) is 3. The molecule has 0 amide bonds. The molecule has 0 heterocycles. The fourth-order valence-electron chi connectivity index (χ4n) is 2.44. The SMILES string of the molecule is CCCCCCOc1ccccc1/C=C/C(=O)c1ccc(O)cc1O. The maximum atomic E-state index is 12.2. The Kier molecular flexibility index (Phi) is 7.08. The van der Waals surface area contributed by atoms with Crippen LogP contribution in [-0.4, -0.2) is 22.6 Å². The molecule has 0 unspecified atom stereocenters. The third-order valence-electron chi connectivity index (χ3n) is 3.84. The summed E-state index contributed by atoms with van der Waals surface area (Å²) in [6.45, 7) is 2.82. The van der Waals surface area contributed by atoms with Crippen LogP contribution in [-0.2, 0) is 0 Å². The van der Waals surface area contributed by atoms with Crippen LogP contribution >= 0.6 is 0 Å². The van der Waals surface area contributed by atoms with Crippen LogP contribution in [0.1, 0.15) is 48.5 Å². The summed E-state index contributed by atoms with van der Waals surface area (Å²) in [7, 11) is 0. The van der Waals surface area contributed by atoms with E-state index in [1.54, 1.807) is 6.08 Å².